The molecule has 1 heteroatoms. The standard InChI is InChI=1S/C23H48O/c1-5-6-7-8-9-10-11-12-13-14-15-16-17-18-19-21-24-22-20-23(2,3)4/h5-22H2,1-4H3. The van der Waals surface area contributed by atoms with Gasteiger partial charge in [0.05, 0.1) is 0 Å². The summed E-state index contributed by atoms with van der Waals surface area (Å²) in [6, 6.07) is 0. The minimum Gasteiger partial charge on any atom is -0.381 e. The Kier molecular flexibility index (Phi) is 17.7. The topological polar surface area (TPSA) is 9.23 Å². The number of hydrogen-bond donors (Lipinski definition) is 0. The van der Waals surface area contributed by atoms with Crippen LogP contribution in [0.15, 0.2) is 0 Å². The summed E-state index contributed by atoms with van der Waals surface area (Å²) in [6.45, 7) is 11.0. The van der Waals surface area contributed by atoms with Crippen molar-refractivity contribution in [1.29, 1.82) is 0 Å². The van der Waals surface area contributed by atoms with Crippen LogP contribution in [-0.2, 0) is 4.74 Å². The van der Waals surface area contributed by atoms with Crippen LogP contribution in [0, 0.1) is 5.41 Å². The van der Waals surface area contributed by atoms with E-state index in [9.17, 15) is 0 Å². The molecule has 0 spiro atoms. The van der Waals surface area contributed by atoms with Crippen molar-refractivity contribution in [3.8, 4) is 0 Å². The van der Waals surface area contributed by atoms with Gasteiger partial charge in [-0.1, -0.05) is 118 Å². The molecule has 0 bridgehead atoms. The van der Waals surface area contributed by atoms with Crippen molar-refractivity contribution in [2.75, 3.05) is 13.2 Å². The van der Waals surface area contributed by atoms with Crippen LogP contribution in [0.4, 0.5) is 0 Å². The molecule has 0 aromatic rings. The van der Waals surface area contributed by atoms with Crippen molar-refractivity contribution < 1.29 is 4.74 Å². The van der Waals surface area contributed by atoms with E-state index in [1.807, 2.05) is 0 Å². The van der Waals surface area contributed by atoms with Crippen LogP contribution in [0.1, 0.15) is 130 Å². The van der Waals surface area contributed by atoms with Crippen LogP contribution in [-0.4, -0.2) is 13.2 Å². The number of hydrogen-bond acceptors (Lipinski definition) is 1. The summed E-state index contributed by atoms with van der Waals surface area (Å²) in [5, 5.41) is 0. The monoisotopic (exact) mass is 340 g/mol. The molecule has 0 saturated heterocycles. The minimum atomic E-state index is 0.412. The predicted molar refractivity (Wildman–Crippen MR) is 110 cm³/mol. The molecule has 0 aliphatic heterocycles. The summed E-state index contributed by atoms with van der Waals surface area (Å²) in [5.74, 6) is 0. The van der Waals surface area contributed by atoms with Gasteiger partial charge < -0.3 is 4.74 Å². The van der Waals surface area contributed by atoms with Crippen molar-refractivity contribution in [3.63, 3.8) is 0 Å². The van der Waals surface area contributed by atoms with E-state index in [0.29, 0.717) is 5.41 Å². The second kappa shape index (κ2) is 17.8. The van der Waals surface area contributed by atoms with Crippen molar-refractivity contribution in [2.45, 2.75) is 130 Å². The first-order valence-corrected chi connectivity index (χ1v) is 11.1. The van der Waals surface area contributed by atoms with E-state index in [1.54, 1.807) is 0 Å². The molecule has 0 heterocycles. The normalized spacial score (nSPS) is 12.0. The highest BCUT2D eigenvalue weighted by Crippen LogP contribution is 2.18. The number of rotatable bonds is 18. The van der Waals surface area contributed by atoms with Crippen molar-refractivity contribution in [2.24, 2.45) is 5.41 Å². The van der Waals surface area contributed by atoms with E-state index in [-0.39, 0.29) is 0 Å². The largest absolute Gasteiger partial charge is 0.381 e. The molecule has 0 aromatic carbocycles. The molecule has 146 valence electrons. The first kappa shape index (κ1) is 24.0. The van der Waals surface area contributed by atoms with Gasteiger partial charge in [-0.25, -0.2) is 0 Å². The fourth-order valence-corrected chi connectivity index (χ4v) is 3.06. The van der Waals surface area contributed by atoms with E-state index < -0.39 is 0 Å². The zero-order chi connectivity index (χ0) is 17.9. The maximum Gasteiger partial charge on any atom is 0.0471 e. The zero-order valence-corrected chi connectivity index (χ0v) is 17.6. The molecule has 0 unspecified atom stereocenters. The maximum absolute atomic E-state index is 5.72. The average Bonchev–Trinajstić information content (AvgIpc) is 2.52. The Morgan fingerprint density at radius 3 is 1.25 bits per heavy atom. The van der Waals surface area contributed by atoms with Gasteiger partial charge in [0.15, 0.2) is 0 Å². The molecular formula is C23H48O. The van der Waals surface area contributed by atoms with Crippen LogP contribution >= 0.6 is 0 Å². The van der Waals surface area contributed by atoms with Gasteiger partial charge in [-0.05, 0) is 18.3 Å². The van der Waals surface area contributed by atoms with E-state index in [1.165, 1.54) is 103 Å². The Morgan fingerprint density at radius 1 is 0.500 bits per heavy atom. The Hall–Kier alpha value is -0.0400. The van der Waals surface area contributed by atoms with Gasteiger partial charge >= 0.3 is 0 Å². The average molecular weight is 341 g/mol. The quantitative estimate of drug-likeness (QED) is 0.228. The molecule has 0 saturated carbocycles. The molecule has 0 rings (SSSR count). The number of ether oxygens (including phenoxy) is 1. The molecule has 0 atom stereocenters. The summed E-state index contributed by atoms with van der Waals surface area (Å²) in [4.78, 5) is 0. The smallest absolute Gasteiger partial charge is 0.0471 e. The summed E-state index contributed by atoms with van der Waals surface area (Å²) in [6.07, 6.45) is 22.6. The molecule has 0 aromatic heterocycles. The van der Waals surface area contributed by atoms with Gasteiger partial charge in [-0.15, -0.1) is 0 Å². The SMILES string of the molecule is CCCCCCCCCCCCCCCCCOCCC(C)(C)C. The molecule has 0 amide bonds. The first-order chi connectivity index (χ1) is 11.6. The predicted octanol–water partition coefficient (Wildman–Crippen LogP) is 8.31. The molecular weight excluding hydrogens is 292 g/mol. The molecule has 0 radical (unpaired) electrons. The lowest BCUT2D eigenvalue weighted by Crippen LogP contribution is -2.09. The van der Waals surface area contributed by atoms with Crippen LogP contribution in [0.2, 0.25) is 0 Å². The van der Waals surface area contributed by atoms with E-state index >= 15 is 0 Å². The van der Waals surface area contributed by atoms with Crippen LogP contribution in [0.3, 0.4) is 0 Å². The number of unbranched alkanes of at least 4 members (excludes halogenated alkanes) is 14. The molecule has 0 N–H and O–H groups in total. The van der Waals surface area contributed by atoms with E-state index in [2.05, 4.69) is 27.7 Å². The summed E-state index contributed by atoms with van der Waals surface area (Å²) >= 11 is 0. The first-order valence-electron chi connectivity index (χ1n) is 11.1. The highest BCUT2D eigenvalue weighted by Gasteiger charge is 2.08. The Morgan fingerprint density at radius 2 is 0.875 bits per heavy atom. The van der Waals surface area contributed by atoms with E-state index in [4.69, 9.17) is 4.74 Å². The molecule has 0 aliphatic carbocycles. The Labute approximate surface area is 154 Å². The highest BCUT2D eigenvalue weighted by molar-refractivity contribution is 4.59. The Bertz CT molecular complexity index is 229. The second-order valence-electron chi connectivity index (χ2n) is 8.87. The molecule has 0 aliphatic rings. The van der Waals surface area contributed by atoms with Crippen LogP contribution < -0.4 is 0 Å². The second-order valence-corrected chi connectivity index (χ2v) is 8.87. The van der Waals surface area contributed by atoms with Crippen molar-refractivity contribution in [1.82, 2.24) is 0 Å². The molecule has 0 fully saturated rings. The zero-order valence-electron chi connectivity index (χ0n) is 17.6. The fourth-order valence-electron chi connectivity index (χ4n) is 3.06. The van der Waals surface area contributed by atoms with Gasteiger partial charge in [0.1, 0.15) is 0 Å². The third-order valence-electron chi connectivity index (χ3n) is 4.89. The third kappa shape index (κ3) is 22.0. The lowest BCUT2D eigenvalue weighted by molar-refractivity contribution is 0.105. The van der Waals surface area contributed by atoms with Gasteiger partial charge in [0.2, 0.25) is 0 Å². The van der Waals surface area contributed by atoms with Crippen LogP contribution in [0.25, 0.3) is 0 Å². The maximum atomic E-state index is 5.72. The van der Waals surface area contributed by atoms with E-state index in [0.717, 1.165) is 13.2 Å². The highest BCUT2D eigenvalue weighted by atomic mass is 16.5. The molecule has 24 heavy (non-hydrogen) atoms. The van der Waals surface area contributed by atoms with Gasteiger partial charge in [-0.3, -0.25) is 0 Å². The summed E-state index contributed by atoms with van der Waals surface area (Å²) < 4.78 is 5.72. The fraction of sp³-hybridized carbons (Fsp3) is 1.00. The van der Waals surface area contributed by atoms with Crippen molar-refractivity contribution >= 4 is 0 Å². The Balaban J connectivity index is 3.00. The van der Waals surface area contributed by atoms with Crippen LogP contribution in [0.5, 0.6) is 0 Å². The summed E-state index contributed by atoms with van der Waals surface area (Å²) in [7, 11) is 0. The lowest BCUT2D eigenvalue weighted by atomic mass is 9.93. The van der Waals surface area contributed by atoms with Gasteiger partial charge in [0, 0.05) is 13.2 Å². The van der Waals surface area contributed by atoms with Crippen molar-refractivity contribution in [3.05, 3.63) is 0 Å². The molecule has 1 nitrogen and oxygen atoms in total. The third-order valence-corrected chi connectivity index (χ3v) is 4.89. The lowest BCUT2D eigenvalue weighted by Gasteiger charge is -2.17. The van der Waals surface area contributed by atoms with Gasteiger partial charge in [0.25, 0.3) is 0 Å². The minimum absolute atomic E-state index is 0.412. The van der Waals surface area contributed by atoms with Gasteiger partial charge in [-0.2, -0.15) is 0 Å². The summed E-state index contributed by atoms with van der Waals surface area (Å²) in [5.41, 5.74) is 0.412.